The van der Waals surface area contributed by atoms with Crippen LogP contribution in [-0.4, -0.2) is 12.1 Å². The Bertz CT molecular complexity index is 57.1. The van der Waals surface area contributed by atoms with Crippen LogP contribution in [0.1, 0.15) is 13.3 Å². The topological polar surface area (TPSA) is 29.3 Å². The molecule has 0 unspecified atom stereocenters. The van der Waals surface area contributed by atoms with Gasteiger partial charge in [0.2, 0.25) is 0 Å². The molecule has 2 N–H and O–H groups in total. The number of nitrogens with two attached hydrogens (primary N) is 1. The van der Waals surface area contributed by atoms with E-state index in [1.54, 1.807) is 7.05 Å². The van der Waals surface area contributed by atoms with Crippen LogP contribution in [0, 0.1) is 0 Å². The van der Waals surface area contributed by atoms with E-state index in [2.05, 4.69) is 6.92 Å². The number of hydrogen-bond donors (Lipinski definition) is 1. The molecule has 0 saturated heterocycles. The van der Waals surface area contributed by atoms with Crippen molar-refractivity contribution in [2.75, 3.05) is 7.05 Å². The first-order valence-electron chi connectivity index (χ1n) is 2.41. The summed E-state index contributed by atoms with van der Waals surface area (Å²) in [5, 5.41) is 1.53. The lowest BCUT2D eigenvalue weighted by molar-refractivity contribution is 0.483. The standard InChI is InChI=1S/C5H12N2/c1-3-4-5-7(2)6/h4-5H,3,6H2,1-2H3/b5-4-. The zero-order valence-electron chi connectivity index (χ0n) is 4.89. The summed E-state index contributed by atoms with van der Waals surface area (Å²) < 4.78 is 0. The molecule has 0 rings (SSSR count). The Kier molecular flexibility index (Phi) is 3.42. The second-order valence-electron chi connectivity index (χ2n) is 1.46. The molecule has 2 heteroatoms. The highest BCUT2D eigenvalue weighted by molar-refractivity contribution is 4.75. The highest BCUT2D eigenvalue weighted by Crippen LogP contribution is 1.77. The smallest absolute Gasteiger partial charge is 0.0222 e. The molecule has 0 aromatic rings. The zero-order chi connectivity index (χ0) is 5.70. The van der Waals surface area contributed by atoms with Crippen molar-refractivity contribution in [1.82, 2.24) is 5.01 Å². The highest BCUT2D eigenvalue weighted by Gasteiger charge is 1.69. The minimum absolute atomic E-state index is 1.04. The van der Waals surface area contributed by atoms with Gasteiger partial charge in [-0.2, -0.15) is 0 Å². The average molecular weight is 100 g/mol. The lowest BCUT2D eigenvalue weighted by atomic mass is 10.5. The van der Waals surface area contributed by atoms with Crippen LogP contribution in [-0.2, 0) is 0 Å². The number of nitrogens with zero attached hydrogens (tertiary/aromatic N) is 1. The minimum atomic E-state index is 1.04. The Hall–Kier alpha value is -0.500. The Morgan fingerprint density at radius 1 is 1.71 bits per heavy atom. The van der Waals surface area contributed by atoms with E-state index < -0.39 is 0 Å². The van der Waals surface area contributed by atoms with Crippen LogP contribution in [0.4, 0.5) is 0 Å². The number of hydrogen-bond acceptors (Lipinski definition) is 2. The lowest BCUT2D eigenvalue weighted by Crippen LogP contribution is -2.18. The van der Waals surface area contributed by atoms with Gasteiger partial charge in [-0.25, -0.2) is 5.84 Å². The van der Waals surface area contributed by atoms with Crippen LogP contribution < -0.4 is 5.84 Å². The van der Waals surface area contributed by atoms with Gasteiger partial charge >= 0.3 is 0 Å². The molecule has 0 aromatic heterocycles. The molecule has 0 aliphatic rings. The number of hydrazine groups is 1. The largest absolute Gasteiger partial charge is 0.322 e. The normalized spacial score (nSPS) is 10.1. The molecule has 0 bridgehead atoms. The van der Waals surface area contributed by atoms with Gasteiger partial charge in [-0.3, -0.25) is 0 Å². The van der Waals surface area contributed by atoms with Crippen LogP contribution in [0.3, 0.4) is 0 Å². The van der Waals surface area contributed by atoms with E-state index in [0.717, 1.165) is 6.42 Å². The van der Waals surface area contributed by atoms with Gasteiger partial charge in [0.25, 0.3) is 0 Å². The molecule has 0 aliphatic carbocycles. The Labute approximate surface area is 44.6 Å². The third-order valence-electron chi connectivity index (χ3n) is 0.576. The molecule has 7 heavy (non-hydrogen) atoms. The van der Waals surface area contributed by atoms with Crippen molar-refractivity contribution in [1.29, 1.82) is 0 Å². The van der Waals surface area contributed by atoms with Crippen LogP contribution in [0.5, 0.6) is 0 Å². The quantitative estimate of drug-likeness (QED) is 0.409. The maximum atomic E-state index is 5.22. The summed E-state index contributed by atoms with van der Waals surface area (Å²) in [6.45, 7) is 2.07. The number of allylic oxidation sites excluding steroid dienone is 1. The van der Waals surface area contributed by atoms with Gasteiger partial charge < -0.3 is 5.01 Å². The number of rotatable bonds is 2. The first-order chi connectivity index (χ1) is 3.27. The Morgan fingerprint density at radius 3 is 2.43 bits per heavy atom. The predicted octanol–water partition coefficient (Wildman–Crippen LogP) is 0.716. The Morgan fingerprint density at radius 2 is 2.29 bits per heavy atom. The second kappa shape index (κ2) is 3.68. The molecule has 0 radical (unpaired) electrons. The van der Waals surface area contributed by atoms with Gasteiger partial charge in [-0.1, -0.05) is 13.0 Å². The summed E-state index contributed by atoms with van der Waals surface area (Å²) in [5.41, 5.74) is 0. The summed E-state index contributed by atoms with van der Waals surface area (Å²) >= 11 is 0. The fourth-order valence-electron chi connectivity index (χ4n) is 0.272. The fourth-order valence-corrected chi connectivity index (χ4v) is 0.272. The van der Waals surface area contributed by atoms with Crippen molar-refractivity contribution < 1.29 is 0 Å². The van der Waals surface area contributed by atoms with E-state index in [0.29, 0.717) is 0 Å². The summed E-state index contributed by atoms with van der Waals surface area (Å²) in [7, 11) is 1.80. The first kappa shape index (κ1) is 6.50. The third kappa shape index (κ3) is 5.50. The lowest BCUT2D eigenvalue weighted by Gasteiger charge is -2.00. The monoisotopic (exact) mass is 100 g/mol. The summed E-state index contributed by atoms with van der Waals surface area (Å²) in [6.07, 6.45) is 4.88. The van der Waals surface area contributed by atoms with Crippen LogP contribution in [0.2, 0.25) is 0 Å². The molecule has 0 fully saturated rings. The maximum absolute atomic E-state index is 5.22. The van der Waals surface area contributed by atoms with E-state index in [1.807, 2.05) is 12.3 Å². The molecule has 0 atom stereocenters. The van der Waals surface area contributed by atoms with Gasteiger partial charge in [0, 0.05) is 13.2 Å². The molecule has 0 amide bonds. The van der Waals surface area contributed by atoms with Gasteiger partial charge in [0.15, 0.2) is 0 Å². The fraction of sp³-hybridized carbons (Fsp3) is 0.600. The third-order valence-corrected chi connectivity index (χ3v) is 0.576. The van der Waals surface area contributed by atoms with E-state index in [-0.39, 0.29) is 0 Å². The molecule has 0 aromatic carbocycles. The molecular weight excluding hydrogens is 88.1 g/mol. The summed E-state index contributed by atoms with van der Waals surface area (Å²) in [6, 6.07) is 0. The van der Waals surface area contributed by atoms with Crippen molar-refractivity contribution >= 4 is 0 Å². The van der Waals surface area contributed by atoms with E-state index in [1.165, 1.54) is 5.01 Å². The maximum Gasteiger partial charge on any atom is 0.0222 e. The molecule has 2 nitrogen and oxygen atoms in total. The average Bonchev–Trinajstić information content (AvgIpc) is 1.61. The summed E-state index contributed by atoms with van der Waals surface area (Å²) in [5.74, 6) is 5.22. The van der Waals surface area contributed by atoms with Gasteiger partial charge in [0.05, 0.1) is 0 Å². The van der Waals surface area contributed by atoms with Crippen molar-refractivity contribution in [3.63, 3.8) is 0 Å². The van der Waals surface area contributed by atoms with E-state index in [4.69, 9.17) is 5.84 Å². The minimum Gasteiger partial charge on any atom is -0.322 e. The van der Waals surface area contributed by atoms with Crippen LogP contribution in [0.15, 0.2) is 12.3 Å². The SMILES string of the molecule is CC/C=C\N(C)N. The molecule has 0 spiro atoms. The van der Waals surface area contributed by atoms with Crippen molar-refractivity contribution in [2.45, 2.75) is 13.3 Å². The molecular formula is C5H12N2. The zero-order valence-corrected chi connectivity index (χ0v) is 4.89. The van der Waals surface area contributed by atoms with Crippen LogP contribution >= 0.6 is 0 Å². The van der Waals surface area contributed by atoms with Crippen molar-refractivity contribution in [3.05, 3.63) is 12.3 Å². The summed E-state index contributed by atoms with van der Waals surface area (Å²) in [4.78, 5) is 0. The first-order valence-corrected chi connectivity index (χ1v) is 2.41. The van der Waals surface area contributed by atoms with E-state index in [9.17, 15) is 0 Å². The van der Waals surface area contributed by atoms with Gasteiger partial charge in [0.1, 0.15) is 0 Å². The highest BCUT2D eigenvalue weighted by atomic mass is 15.4. The van der Waals surface area contributed by atoms with Crippen molar-refractivity contribution in [2.24, 2.45) is 5.84 Å². The molecule has 42 valence electrons. The molecule has 0 saturated carbocycles. The Balaban J connectivity index is 3.08. The van der Waals surface area contributed by atoms with Gasteiger partial charge in [-0.15, -0.1) is 0 Å². The second-order valence-corrected chi connectivity index (χ2v) is 1.46. The van der Waals surface area contributed by atoms with Crippen molar-refractivity contribution in [3.8, 4) is 0 Å². The molecule has 0 heterocycles. The molecule has 0 aliphatic heterocycles. The van der Waals surface area contributed by atoms with Crippen LogP contribution in [0.25, 0.3) is 0 Å². The van der Waals surface area contributed by atoms with Gasteiger partial charge in [-0.05, 0) is 6.42 Å². The van der Waals surface area contributed by atoms with E-state index >= 15 is 0 Å². The predicted molar refractivity (Wildman–Crippen MR) is 31.4 cm³/mol.